The molecule has 0 saturated heterocycles. The summed E-state index contributed by atoms with van der Waals surface area (Å²) in [6.45, 7) is 3.45. The Labute approximate surface area is 127 Å². The molecule has 0 spiro atoms. The molecule has 0 amide bonds. The normalized spacial score (nSPS) is 15.9. The van der Waals surface area contributed by atoms with Crippen LogP contribution in [0.25, 0.3) is 0 Å². The van der Waals surface area contributed by atoms with Crippen LogP contribution in [0, 0.1) is 5.41 Å². The van der Waals surface area contributed by atoms with Crippen LogP contribution in [0.4, 0.5) is 0 Å². The van der Waals surface area contributed by atoms with E-state index in [9.17, 15) is 9.59 Å². The minimum atomic E-state index is -0.519. The molecule has 6 heteroatoms. The number of esters is 1. The minimum Gasteiger partial charge on any atom is -0.480 e. The van der Waals surface area contributed by atoms with Gasteiger partial charge in [-0.05, 0) is 18.1 Å². The molecular weight excluding hydrogens is 303 g/mol. The third-order valence-electron chi connectivity index (χ3n) is 3.30. The van der Waals surface area contributed by atoms with Crippen LogP contribution in [0.3, 0.4) is 0 Å². The zero-order chi connectivity index (χ0) is 15.1. The lowest BCUT2D eigenvalue weighted by atomic mass is 9.89. The molecule has 0 radical (unpaired) electrons. The quantitative estimate of drug-likeness (QED) is 0.803. The van der Waals surface area contributed by atoms with Crippen LogP contribution in [0.1, 0.15) is 29.8 Å². The zero-order valence-corrected chi connectivity index (χ0v) is 12.9. The number of halogens is 2. The minimum absolute atomic E-state index is 0.0288. The van der Waals surface area contributed by atoms with E-state index in [1.165, 1.54) is 7.11 Å². The number of fused-ring (bicyclic) bond motifs is 1. The second-order valence-electron chi connectivity index (χ2n) is 5.29. The Hall–Kier alpha value is -1.26. The number of carbonyl (C=O) groups excluding carboxylic acids is 2. The van der Waals surface area contributed by atoms with E-state index in [4.69, 9.17) is 27.9 Å². The van der Waals surface area contributed by atoms with E-state index in [0.29, 0.717) is 12.0 Å². The van der Waals surface area contributed by atoms with Crippen LogP contribution in [0.15, 0.2) is 6.07 Å². The number of ketones is 1. The van der Waals surface area contributed by atoms with E-state index < -0.39 is 11.4 Å². The topological polar surface area (TPSA) is 52.6 Å². The van der Waals surface area contributed by atoms with Gasteiger partial charge in [0.15, 0.2) is 12.4 Å². The lowest BCUT2D eigenvalue weighted by Crippen LogP contribution is -2.19. The van der Waals surface area contributed by atoms with Crippen molar-refractivity contribution in [1.82, 2.24) is 0 Å². The van der Waals surface area contributed by atoms with E-state index in [2.05, 4.69) is 4.74 Å². The Morgan fingerprint density at radius 3 is 2.60 bits per heavy atom. The van der Waals surface area contributed by atoms with E-state index in [-0.39, 0.29) is 28.2 Å². The van der Waals surface area contributed by atoms with Gasteiger partial charge in [-0.2, -0.15) is 0 Å². The number of hydrogen-bond donors (Lipinski definition) is 0. The van der Waals surface area contributed by atoms with Crippen LogP contribution in [0.5, 0.6) is 5.75 Å². The van der Waals surface area contributed by atoms with Crippen molar-refractivity contribution in [3.63, 3.8) is 0 Å². The molecule has 1 aliphatic carbocycles. The van der Waals surface area contributed by atoms with Crippen LogP contribution >= 0.6 is 23.2 Å². The molecule has 0 unspecified atom stereocenters. The zero-order valence-electron chi connectivity index (χ0n) is 11.4. The summed E-state index contributed by atoms with van der Waals surface area (Å²) in [5, 5.41) is 0.319. The second kappa shape index (κ2) is 5.26. The van der Waals surface area contributed by atoms with Crippen LogP contribution in [-0.2, 0) is 16.0 Å². The SMILES string of the molecule is COC(=O)COc1cc2c(c(Cl)c1Cl)C(=O)C(C)(C)C2. The highest BCUT2D eigenvalue weighted by Crippen LogP contribution is 2.45. The number of benzene rings is 1. The molecule has 0 bridgehead atoms. The molecule has 1 aliphatic rings. The van der Waals surface area contributed by atoms with Crippen LogP contribution in [0.2, 0.25) is 10.0 Å². The van der Waals surface area contributed by atoms with Gasteiger partial charge in [0.05, 0.1) is 12.1 Å². The first-order valence-corrected chi connectivity index (χ1v) is 6.79. The number of rotatable bonds is 3. The van der Waals surface area contributed by atoms with E-state index >= 15 is 0 Å². The van der Waals surface area contributed by atoms with E-state index in [0.717, 1.165) is 5.56 Å². The molecule has 0 atom stereocenters. The maximum Gasteiger partial charge on any atom is 0.343 e. The fourth-order valence-corrected chi connectivity index (χ4v) is 2.74. The third-order valence-corrected chi connectivity index (χ3v) is 4.15. The molecule has 1 aromatic carbocycles. The van der Waals surface area contributed by atoms with Crippen molar-refractivity contribution >= 4 is 35.0 Å². The number of methoxy groups -OCH3 is 1. The first-order valence-electron chi connectivity index (χ1n) is 6.03. The van der Waals surface area contributed by atoms with Gasteiger partial charge in [0.25, 0.3) is 0 Å². The van der Waals surface area contributed by atoms with Crippen LogP contribution < -0.4 is 4.74 Å². The second-order valence-corrected chi connectivity index (χ2v) is 6.05. The van der Waals surface area contributed by atoms with Crippen molar-refractivity contribution in [2.75, 3.05) is 13.7 Å². The predicted molar refractivity (Wildman–Crippen MR) is 75.8 cm³/mol. The van der Waals surface area contributed by atoms with Gasteiger partial charge in [-0.1, -0.05) is 37.0 Å². The molecule has 0 N–H and O–H groups in total. The van der Waals surface area contributed by atoms with Crippen molar-refractivity contribution in [2.45, 2.75) is 20.3 Å². The molecule has 20 heavy (non-hydrogen) atoms. The first kappa shape index (κ1) is 15.1. The van der Waals surface area contributed by atoms with Gasteiger partial charge in [-0.25, -0.2) is 4.79 Å². The molecule has 2 rings (SSSR count). The van der Waals surface area contributed by atoms with Crippen molar-refractivity contribution < 1.29 is 19.1 Å². The fourth-order valence-electron chi connectivity index (χ4n) is 2.23. The molecule has 0 aromatic heterocycles. The monoisotopic (exact) mass is 316 g/mol. The summed E-state index contributed by atoms with van der Waals surface area (Å²) in [6, 6.07) is 1.67. The van der Waals surface area contributed by atoms with Gasteiger partial charge in [0.1, 0.15) is 10.8 Å². The maximum atomic E-state index is 12.3. The number of Topliss-reactive ketones (excluding diaryl/α,β-unsaturated/α-hetero) is 1. The van der Waals surface area contributed by atoms with Crippen molar-refractivity contribution in [3.05, 3.63) is 27.2 Å². The summed E-state index contributed by atoms with van der Waals surface area (Å²) in [5.74, 6) is -0.265. The average Bonchev–Trinajstić information content (AvgIpc) is 2.62. The standard InChI is InChI=1S/C14H14Cl2O4/c1-14(2)5-7-4-8(20-6-9(17)19-3)11(15)12(16)10(7)13(14)18/h4H,5-6H2,1-3H3. The molecule has 108 valence electrons. The molecule has 1 aromatic rings. The number of ether oxygens (including phenoxy) is 2. The molecule has 0 fully saturated rings. The summed E-state index contributed by atoms with van der Waals surface area (Å²) >= 11 is 12.3. The van der Waals surface area contributed by atoms with E-state index in [1.807, 2.05) is 13.8 Å². The number of hydrogen-bond acceptors (Lipinski definition) is 4. The van der Waals surface area contributed by atoms with Crippen molar-refractivity contribution in [2.24, 2.45) is 5.41 Å². The smallest absolute Gasteiger partial charge is 0.343 e. The number of carbonyl (C=O) groups is 2. The van der Waals surface area contributed by atoms with Crippen molar-refractivity contribution in [1.29, 1.82) is 0 Å². The lowest BCUT2D eigenvalue weighted by Gasteiger charge is -2.13. The molecular formula is C14H14Cl2O4. The Morgan fingerprint density at radius 2 is 2.00 bits per heavy atom. The summed E-state index contributed by atoms with van der Waals surface area (Å²) in [7, 11) is 1.27. The summed E-state index contributed by atoms with van der Waals surface area (Å²) < 4.78 is 9.79. The summed E-state index contributed by atoms with van der Waals surface area (Å²) in [6.07, 6.45) is 0.562. The Kier molecular flexibility index (Phi) is 3.98. The van der Waals surface area contributed by atoms with Crippen molar-refractivity contribution in [3.8, 4) is 5.75 Å². The van der Waals surface area contributed by atoms with E-state index in [1.54, 1.807) is 6.07 Å². The largest absolute Gasteiger partial charge is 0.480 e. The van der Waals surface area contributed by atoms with Crippen LogP contribution in [-0.4, -0.2) is 25.5 Å². The highest BCUT2D eigenvalue weighted by molar-refractivity contribution is 6.45. The summed E-state index contributed by atoms with van der Waals surface area (Å²) in [5.41, 5.74) is 0.734. The molecule has 0 saturated carbocycles. The van der Waals surface area contributed by atoms with Gasteiger partial charge in [0.2, 0.25) is 0 Å². The molecule has 0 heterocycles. The highest BCUT2D eigenvalue weighted by atomic mass is 35.5. The predicted octanol–water partition coefficient (Wildman–Crippen LogP) is 3.31. The lowest BCUT2D eigenvalue weighted by molar-refractivity contribution is -0.142. The maximum absolute atomic E-state index is 12.3. The van der Waals surface area contributed by atoms with Gasteiger partial charge >= 0.3 is 5.97 Å². The van der Waals surface area contributed by atoms with Gasteiger partial charge < -0.3 is 9.47 Å². The summed E-state index contributed by atoms with van der Waals surface area (Å²) in [4.78, 5) is 23.3. The Balaban J connectivity index is 2.38. The Morgan fingerprint density at radius 1 is 1.35 bits per heavy atom. The van der Waals surface area contributed by atoms with Gasteiger partial charge in [0, 0.05) is 11.0 Å². The average molecular weight is 317 g/mol. The fraction of sp³-hybridized carbons (Fsp3) is 0.429. The Bertz CT molecular complexity index is 593. The molecule has 0 aliphatic heterocycles. The third kappa shape index (κ3) is 2.50. The first-order chi connectivity index (χ1) is 9.27. The van der Waals surface area contributed by atoms with Gasteiger partial charge in [-0.15, -0.1) is 0 Å². The highest BCUT2D eigenvalue weighted by Gasteiger charge is 2.40. The van der Waals surface area contributed by atoms with Gasteiger partial charge in [-0.3, -0.25) is 4.79 Å². The molecule has 4 nitrogen and oxygen atoms in total.